The average molecular weight is 546 g/mol. The van der Waals surface area contributed by atoms with Crippen molar-refractivity contribution < 1.29 is 36.2 Å². The Labute approximate surface area is 215 Å². The Morgan fingerprint density at radius 1 is 1.30 bits per heavy atom. The summed E-state index contributed by atoms with van der Waals surface area (Å²) in [5.41, 5.74) is 1.22. The number of alkyl halides is 3. The van der Waals surface area contributed by atoms with E-state index in [1.54, 1.807) is 29.8 Å². The molecule has 0 aliphatic heterocycles. The Morgan fingerprint density at radius 2 is 1.95 bits per heavy atom. The first-order valence-electron chi connectivity index (χ1n) is 12.2. The topological polar surface area (TPSA) is 111 Å². The van der Waals surface area contributed by atoms with Gasteiger partial charge in [0.1, 0.15) is 15.6 Å². The van der Waals surface area contributed by atoms with Gasteiger partial charge in [0.05, 0.1) is 23.7 Å². The second-order valence-corrected chi connectivity index (χ2v) is 12.0. The van der Waals surface area contributed by atoms with Gasteiger partial charge in [-0.3, -0.25) is 9.48 Å². The third-order valence-corrected chi connectivity index (χ3v) is 8.65. The molecule has 0 spiro atoms. The molecule has 1 aliphatic rings. The van der Waals surface area contributed by atoms with Crippen LogP contribution in [0.1, 0.15) is 60.6 Å². The molecule has 1 amide bonds. The SMILES string of the molecule is CCn1nc(C(=O)NCC2(O)CCC(S(C)(=O)=O)CC2)c(C)c1-c1ccc(CCC(F)(F)F)cc1OC. The first kappa shape index (κ1) is 29.0. The van der Waals surface area contributed by atoms with Crippen LogP contribution >= 0.6 is 0 Å². The van der Waals surface area contributed by atoms with Crippen molar-refractivity contribution in [2.75, 3.05) is 19.9 Å². The summed E-state index contributed by atoms with van der Waals surface area (Å²) in [6, 6.07) is 4.85. The molecule has 0 unspecified atom stereocenters. The largest absolute Gasteiger partial charge is 0.496 e. The van der Waals surface area contributed by atoms with Crippen LogP contribution in [0.15, 0.2) is 18.2 Å². The van der Waals surface area contributed by atoms with Crippen LogP contribution in [0.5, 0.6) is 5.75 Å². The summed E-state index contributed by atoms with van der Waals surface area (Å²) in [5, 5.41) is 17.6. The highest BCUT2D eigenvalue weighted by atomic mass is 32.2. The van der Waals surface area contributed by atoms with Gasteiger partial charge < -0.3 is 15.2 Å². The average Bonchev–Trinajstić information content (AvgIpc) is 3.16. The van der Waals surface area contributed by atoms with Crippen LogP contribution in [-0.2, 0) is 22.8 Å². The number of aryl methyl sites for hydroxylation is 2. The van der Waals surface area contributed by atoms with E-state index in [-0.39, 0.29) is 31.5 Å². The summed E-state index contributed by atoms with van der Waals surface area (Å²) >= 11 is 0. The van der Waals surface area contributed by atoms with Crippen molar-refractivity contribution in [3.8, 4) is 17.0 Å². The van der Waals surface area contributed by atoms with Gasteiger partial charge in [-0.05, 0) is 63.6 Å². The number of hydrogen-bond donors (Lipinski definition) is 2. The Kier molecular flexibility index (Phi) is 8.63. The predicted octanol–water partition coefficient (Wildman–Crippen LogP) is 3.83. The standard InChI is InChI=1S/C25H34F3N3O5S/c1-5-31-22(19-7-6-17(14-20(19)36-3)8-13-25(26,27)28)16(2)21(30-31)23(32)29-15-24(33)11-9-18(10-12-24)37(4,34)35/h6-7,14,18,33H,5,8-13,15H2,1-4H3,(H,29,32). The minimum Gasteiger partial charge on any atom is -0.496 e. The van der Waals surface area contributed by atoms with E-state index in [4.69, 9.17) is 4.74 Å². The fourth-order valence-corrected chi connectivity index (χ4v) is 5.86. The Bertz CT molecular complexity index is 1230. The third kappa shape index (κ3) is 7.04. The van der Waals surface area contributed by atoms with E-state index in [2.05, 4.69) is 10.4 Å². The molecule has 1 fully saturated rings. The number of aromatic nitrogens is 2. The molecule has 2 N–H and O–H groups in total. The monoisotopic (exact) mass is 545 g/mol. The Hall–Kier alpha value is -2.60. The van der Waals surface area contributed by atoms with Crippen LogP contribution in [0, 0.1) is 6.92 Å². The van der Waals surface area contributed by atoms with E-state index in [0.717, 1.165) is 0 Å². The first-order valence-corrected chi connectivity index (χ1v) is 14.1. The van der Waals surface area contributed by atoms with Crippen molar-refractivity contribution in [3.63, 3.8) is 0 Å². The van der Waals surface area contributed by atoms with Crippen LogP contribution in [0.2, 0.25) is 0 Å². The molecule has 206 valence electrons. The molecule has 0 saturated heterocycles. The van der Waals surface area contributed by atoms with Crippen LogP contribution in [-0.4, -0.2) is 66.1 Å². The zero-order valence-corrected chi connectivity index (χ0v) is 22.3. The van der Waals surface area contributed by atoms with E-state index in [1.165, 1.54) is 13.4 Å². The first-order chi connectivity index (χ1) is 17.2. The van der Waals surface area contributed by atoms with Gasteiger partial charge in [0, 0.05) is 36.9 Å². The molecule has 1 heterocycles. The number of sulfone groups is 1. The summed E-state index contributed by atoms with van der Waals surface area (Å²) in [5.74, 6) is -0.105. The van der Waals surface area contributed by atoms with Gasteiger partial charge in [0.15, 0.2) is 5.69 Å². The number of hydrogen-bond acceptors (Lipinski definition) is 6. The molecule has 0 atom stereocenters. The number of carbonyl (C=O) groups is 1. The summed E-state index contributed by atoms with van der Waals surface area (Å²) in [4.78, 5) is 13.0. The number of halogens is 3. The second kappa shape index (κ2) is 11.0. The van der Waals surface area contributed by atoms with E-state index in [0.29, 0.717) is 47.5 Å². The summed E-state index contributed by atoms with van der Waals surface area (Å²) in [7, 11) is -1.75. The van der Waals surface area contributed by atoms with Gasteiger partial charge in [-0.25, -0.2) is 8.42 Å². The van der Waals surface area contributed by atoms with E-state index in [9.17, 15) is 31.5 Å². The highest BCUT2D eigenvalue weighted by molar-refractivity contribution is 7.91. The van der Waals surface area contributed by atoms with Gasteiger partial charge >= 0.3 is 6.18 Å². The number of carbonyl (C=O) groups excluding carboxylic acids is 1. The van der Waals surface area contributed by atoms with Gasteiger partial charge in [-0.2, -0.15) is 18.3 Å². The molecule has 1 saturated carbocycles. The fourth-order valence-electron chi connectivity index (χ4n) is 4.77. The van der Waals surface area contributed by atoms with Gasteiger partial charge in [-0.15, -0.1) is 0 Å². The number of nitrogens with one attached hydrogen (secondary N) is 1. The minimum absolute atomic E-state index is 0.0344. The summed E-state index contributed by atoms with van der Waals surface area (Å²) in [6.07, 6.45) is -2.99. The Balaban J connectivity index is 1.79. The van der Waals surface area contributed by atoms with Gasteiger partial charge in [-0.1, -0.05) is 6.07 Å². The van der Waals surface area contributed by atoms with E-state index >= 15 is 0 Å². The van der Waals surface area contributed by atoms with Crippen molar-refractivity contribution >= 4 is 15.7 Å². The maximum absolute atomic E-state index is 13.0. The fraction of sp³-hybridized carbons (Fsp3) is 0.600. The quantitative estimate of drug-likeness (QED) is 0.496. The van der Waals surface area contributed by atoms with Crippen molar-refractivity contribution in [1.82, 2.24) is 15.1 Å². The maximum atomic E-state index is 13.0. The minimum atomic E-state index is -4.26. The zero-order chi connectivity index (χ0) is 27.6. The third-order valence-electron chi connectivity index (χ3n) is 6.97. The molecule has 3 rings (SSSR count). The lowest BCUT2D eigenvalue weighted by Crippen LogP contribution is -2.47. The molecular formula is C25H34F3N3O5S. The Morgan fingerprint density at radius 3 is 2.49 bits per heavy atom. The molecule has 0 radical (unpaired) electrons. The molecule has 1 aromatic heterocycles. The molecule has 1 aromatic carbocycles. The number of rotatable bonds is 9. The number of amides is 1. The van der Waals surface area contributed by atoms with Crippen molar-refractivity contribution in [1.29, 1.82) is 0 Å². The normalized spacial score (nSPS) is 20.6. The van der Waals surface area contributed by atoms with Gasteiger partial charge in [0.2, 0.25) is 0 Å². The summed E-state index contributed by atoms with van der Waals surface area (Å²) < 4.78 is 68.6. The number of benzene rings is 1. The lowest BCUT2D eigenvalue weighted by atomic mass is 9.84. The van der Waals surface area contributed by atoms with E-state index in [1.807, 2.05) is 6.92 Å². The predicted molar refractivity (Wildman–Crippen MR) is 133 cm³/mol. The number of aliphatic hydroxyl groups is 1. The van der Waals surface area contributed by atoms with Crippen molar-refractivity contribution in [3.05, 3.63) is 35.0 Å². The van der Waals surface area contributed by atoms with Crippen LogP contribution in [0.3, 0.4) is 0 Å². The lowest BCUT2D eigenvalue weighted by Gasteiger charge is -2.35. The molecule has 8 nitrogen and oxygen atoms in total. The molecule has 37 heavy (non-hydrogen) atoms. The molecular weight excluding hydrogens is 511 g/mol. The second-order valence-electron chi connectivity index (χ2n) is 9.72. The van der Waals surface area contributed by atoms with Crippen LogP contribution in [0.25, 0.3) is 11.3 Å². The van der Waals surface area contributed by atoms with Crippen molar-refractivity contribution in [2.45, 2.75) is 75.9 Å². The molecule has 2 aromatic rings. The summed E-state index contributed by atoms with van der Waals surface area (Å²) in [6.45, 7) is 3.98. The molecule has 0 bridgehead atoms. The number of nitrogens with zero attached hydrogens (tertiary/aromatic N) is 2. The lowest BCUT2D eigenvalue weighted by molar-refractivity contribution is -0.134. The molecule has 12 heteroatoms. The zero-order valence-electron chi connectivity index (χ0n) is 21.5. The van der Waals surface area contributed by atoms with E-state index < -0.39 is 39.2 Å². The van der Waals surface area contributed by atoms with Gasteiger partial charge in [0.25, 0.3) is 5.91 Å². The highest BCUT2D eigenvalue weighted by Gasteiger charge is 2.37. The molecule has 1 aliphatic carbocycles. The maximum Gasteiger partial charge on any atom is 0.389 e. The number of methoxy groups -OCH3 is 1. The smallest absolute Gasteiger partial charge is 0.389 e. The highest BCUT2D eigenvalue weighted by Crippen LogP contribution is 2.36. The number of ether oxygens (including phenoxy) is 1. The van der Waals surface area contributed by atoms with Crippen LogP contribution < -0.4 is 10.1 Å². The van der Waals surface area contributed by atoms with Crippen LogP contribution in [0.4, 0.5) is 13.2 Å². The van der Waals surface area contributed by atoms with Crippen molar-refractivity contribution in [2.24, 2.45) is 0 Å².